The number of hydrogen-bond acceptors (Lipinski definition) is 9. The van der Waals surface area contributed by atoms with Gasteiger partial charge in [-0.15, -0.1) is 10.2 Å². The van der Waals surface area contributed by atoms with Crippen molar-refractivity contribution in [2.75, 3.05) is 31.0 Å². The third kappa shape index (κ3) is 5.02. The van der Waals surface area contributed by atoms with E-state index < -0.39 is 0 Å². The van der Waals surface area contributed by atoms with Crippen molar-refractivity contribution in [3.8, 4) is 11.5 Å². The van der Waals surface area contributed by atoms with Crippen LogP contribution in [-0.4, -0.2) is 52.3 Å². The molecular weight excluding hydrogens is 460 g/mol. The lowest BCUT2D eigenvalue weighted by Crippen LogP contribution is -2.18. The molecule has 174 valence electrons. The Balaban J connectivity index is 1.19. The van der Waals surface area contributed by atoms with E-state index in [9.17, 15) is 4.79 Å². The highest BCUT2D eigenvalue weighted by atomic mass is 32.2. The largest absolute Gasteiger partial charge is 0.454 e. The van der Waals surface area contributed by atoms with Gasteiger partial charge in [-0.25, -0.2) is 0 Å². The van der Waals surface area contributed by atoms with E-state index in [-0.39, 0.29) is 18.7 Å². The van der Waals surface area contributed by atoms with E-state index in [2.05, 4.69) is 20.1 Å². The Morgan fingerprint density at radius 3 is 2.97 bits per heavy atom. The van der Waals surface area contributed by atoms with Gasteiger partial charge < -0.3 is 24.1 Å². The first-order chi connectivity index (χ1) is 16.1. The Labute approximate surface area is 200 Å². The van der Waals surface area contributed by atoms with Crippen molar-refractivity contribution in [3.05, 3.63) is 46.8 Å². The van der Waals surface area contributed by atoms with Gasteiger partial charge >= 0.3 is 0 Å². The molecule has 2 aliphatic heterocycles. The number of aromatic nitrogens is 3. The fourth-order valence-corrected chi connectivity index (χ4v) is 5.74. The predicted molar refractivity (Wildman–Crippen MR) is 128 cm³/mol. The molecule has 0 radical (unpaired) electrons. The van der Waals surface area contributed by atoms with Gasteiger partial charge in [-0.05, 0) is 50.5 Å². The van der Waals surface area contributed by atoms with E-state index in [0.29, 0.717) is 12.3 Å². The number of aryl methyl sites for hydroxylation is 1. The van der Waals surface area contributed by atoms with Crippen LogP contribution in [0.2, 0.25) is 0 Å². The second-order valence-electron chi connectivity index (χ2n) is 8.16. The summed E-state index contributed by atoms with van der Waals surface area (Å²) in [6, 6.07) is 7.93. The number of thioether (sulfide) groups is 1. The van der Waals surface area contributed by atoms with Crippen LogP contribution in [0.1, 0.15) is 40.2 Å². The second kappa shape index (κ2) is 9.74. The van der Waals surface area contributed by atoms with Gasteiger partial charge in [0.25, 0.3) is 0 Å². The average Bonchev–Trinajstić information content (AvgIpc) is 3.61. The number of anilines is 1. The summed E-state index contributed by atoms with van der Waals surface area (Å²) < 4.78 is 19.4. The summed E-state index contributed by atoms with van der Waals surface area (Å²) >= 11 is 2.90. The number of nitrogens with zero attached hydrogens (tertiary/aromatic N) is 3. The molecule has 4 heterocycles. The molecule has 3 aromatic rings. The Kier molecular flexibility index (Phi) is 6.57. The highest BCUT2D eigenvalue weighted by molar-refractivity contribution is 8.01. The van der Waals surface area contributed by atoms with E-state index >= 15 is 0 Å². The van der Waals surface area contributed by atoms with Crippen molar-refractivity contribution in [3.63, 3.8) is 0 Å². The smallest absolute Gasteiger partial charge is 0.231 e. The molecule has 0 bridgehead atoms. The molecular formula is C23H26N4O4S2. The highest BCUT2D eigenvalue weighted by Crippen LogP contribution is 2.33. The predicted octanol–water partition coefficient (Wildman–Crippen LogP) is 4.30. The summed E-state index contributed by atoms with van der Waals surface area (Å²) in [6.07, 6.45) is 2.44. The number of hydrogen-bond donors (Lipinski definition) is 1. The number of fused-ring (bicyclic) bond motifs is 1. The van der Waals surface area contributed by atoms with Gasteiger partial charge in [-0.1, -0.05) is 29.2 Å². The normalized spacial score (nSPS) is 17.0. The molecule has 0 aliphatic carbocycles. The van der Waals surface area contributed by atoms with E-state index in [1.165, 1.54) is 23.1 Å². The van der Waals surface area contributed by atoms with Crippen LogP contribution < -0.4 is 14.8 Å². The van der Waals surface area contributed by atoms with Crippen LogP contribution in [0.5, 0.6) is 11.5 Å². The standard InChI is InChI=1S/C23H26N4O4S2/c1-14-8-18(15(2)27(14)11-16-5-6-20-21(9-16)31-13-30-20)19(28)12-32-23-26-25-22(33-23)24-10-17-4-3-7-29-17/h5-6,8-9,17H,3-4,7,10-13H2,1-2H3,(H,24,25). The zero-order valence-electron chi connectivity index (χ0n) is 18.6. The Hall–Kier alpha value is -2.56. The van der Waals surface area contributed by atoms with Crippen molar-refractivity contribution >= 4 is 34.0 Å². The zero-order valence-corrected chi connectivity index (χ0v) is 20.3. The lowest BCUT2D eigenvalue weighted by atomic mass is 10.1. The first kappa shape index (κ1) is 22.2. The van der Waals surface area contributed by atoms with Gasteiger partial charge in [-0.3, -0.25) is 4.79 Å². The summed E-state index contributed by atoms with van der Waals surface area (Å²) in [5, 5.41) is 12.4. The van der Waals surface area contributed by atoms with Gasteiger partial charge in [0.15, 0.2) is 21.6 Å². The molecule has 1 fully saturated rings. The molecule has 1 unspecified atom stereocenters. The molecule has 10 heteroatoms. The van der Waals surface area contributed by atoms with Crippen LogP contribution in [-0.2, 0) is 11.3 Å². The number of ether oxygens (including phenoxy) is 3. The van der Waals surface area contributed by atoms with E-state index in [4.69, 9.17) is 14.2 Å². The topological polar surface area (TPSA) is 87.5 Å². The van der Waals surface area contributed by atoms with Crippen molar-refractivity contribution in [2.24, 2.45) is 0 Å². The summed E-state index contributed by atoms with van der Waals surface area (Å²) in [7, 11) is 0. The van der Waals surface area contributed by atoms with E-state index in [1.54, 1.807) is 0 Å². The highest BCUT2D eigenvalue weighted by Gasteiger charge is 2.19. The minimum Gasteiger partial charge on any atom is -0.454 e. The van der Waals surface area contributed by atoms with Crippen LogP contribution in [0, 0.1) is 13.8 Å². The maximum Gasteiger partial charge on any atom is 0.231 e. The quantitative estimate of drug-likeness (QED) is 0.354. The molecule has 1 N–H and O–H groups in total. The molecule has 2 aliphatic rings. The Morgan fingerprint density at radius 1 is 1.24 bits per heavy atom. The first-order valence-electron chi connectivity index (χ1n) is 11.0. The molecule has 1 saturated heterocycles. The van der Waals surface area contributed by atoms with Crippen LogP contribution in [0.25, 0.3) is 0 Å². The number of rotatable bonds is 9. The fraction of sp³-hybridized carbons (Fsp3) is 0.435. The lowest BCUT2D eigenvalue weighted by Gasteiger charge is -2.10. The molecule has 1 atom stereocenters. The Bertz CT molecular complexity index is 1150. The van der Waals surface area contributed by atoms with Crippen molar-refractivity contribution in [2.45, 2.75) is 43.7 Å². The van der Waals surface area contributed by atoms with Crippen LogP contribution in [0.15, 0.2) is 28.6 Å². The summed E-state index contributed by atoms with van der Waals surface area (Å²) in [5.74, 6) is 1.96. The second-order valence-corrected chi connectivity index (χ2v) is 10.4. The fourth-order valence-electron chi connectivity index (χ4n) is 4.10. The van der Waals surface area contributed by atoms with Crippen molar-refractivity contribution in [1.29, 1.82) is 0 Å². The molecule has 0 amide bonds. The molecule has 0 spiro atoms. The summed E-state index contributed by atoms with van der Waals surface area (Å²) in [6.45, 7) is 6.54. The average molecular weight is 487 g/mol. The van der Waals surface area contributed by atoms with Crippen LogP contribution in [0.4, 0.5) is 5.13 Å². The molecule has 2 aromatic heterocycles. The van der Waals surface area contributed by atoms with Crippen molar-refractivity contribution < 1.29 is 19.0 Å². The van der Waals surface area contributed by atoms with Crippen LogP contribution >= 0.6 is 23.1 Å². The molecule has 5 rings (SSSR count). The van der Waals surface area contributed by atoms with Crippen molar-refractivity contribution in [1.82, 2.24) is 14.8 Å². The number of carbonyl (C=O) groups is 1. The maximum atomic E-state index is 13.0. The third-order valence-corrected chi connectivity index (χ3v) is 7.90. The number of ketones is 1. The molecule has 33 heavy (non-hydrogen) atoms. The SMILES string of the molecule is Cc1cc(C(=O)CSc2nnc(NCC3CCCO3)s2)c(C)n1Cc1ccc2c(c1)OCO2. The van der Waals surface area contributed by atoms with Gasteiger partial charge in [-0.2, -0.15) is 0 Å². The maximum absolute atomic E-state index is 13.0. The summed E-state index contributed by atoms with van der Waals surface area (Å²) in [4.78, 5) is 13.0. The molecule has 0 saturated carbocycles. The first-order valence-corrected chi connectivity index (χ1v) is 12.8. The number of benzene rings is 1. The number of carbonyl (C=O) groups excluding carboxylic acids is 1. The monoisotopic (exact) mass is 486 g/mol. The zero-order chi connectivity index (χ0) is 22.8. The minimum atomic E-state index is 0.0918. The molecule has 8 nitrogen and oxygen atoms in total. The number of Topliss-reactive ketones (excluding diaryl/α,β-unsaturated/α-hetero) is 1. The lowest BCUT2D eigenvalue weighted by molar-refractivity contribution is 0.102. The summed E-state index contributed by atoms with van der Waals surface area (Å²) in [5.41, 5.74) is 3.87. The van der Waals surface area contributed by atoms with E-state index in [1.807, 2.05) is 38.1 Å². The number of nitrogens with one attached hydrogen (secondary N) is 1. The van der Waals surface area contributed by atoms with E-state index in [0.717, 1.165) is 69.5 Å². The van der Waals surface area contributed by atoms with Gasteiger partial charge in [0, 0.05) is 36.6 Å². The minimum absolute atomic E-state index is 0.0918. The third-order valence-electron chi connectivity index (χ3n) is 5.89. The van der Waals surface area contributed by atoms with Crippen LogP contribution in [0.3, 0.4) is 0 Å². The molecule has 1 aromatic carbocycles. The Morgan fingerprint density at radius 2 is 2.12 bits per heavy atom. The van der Waals surface area contributed by atoms with Gasteiger partial charge in [0.1, 0.15) is 0 Å². The van der Waals surface area contributed by atoms with Gasteiger partial charge in [0.05, 0.1) is 11.9 Å². The van der Waals surface area contributed by atoms with Gasteiger partial charge in [0.2, 0.25) is 11.9 Å².